The second-order valence-electron chi connectivity index (χ2n) is 4.96. The number of nitrogens with zero attached hydrogens (tertiary/aromatic N) is 2. The van der Waals surface area contributed by atoms with Crippen LogP contribution in [0.1, 0.15) is 46.0 Å². The molecule has 116 valence electrons. The maximum absolute atomic E-state index is 12.2. The van der Waals surface area contributed by atoms with Crippen LogP contribution in [0.2, 0.25) is 0 Å². The van der Waals surface area contributed by atoms with Crippen LogP contribution in [0.15, 0.2) is 0 Å². The van der Waals surface area contributed by atoms with Crippen molar-refractivity contribution in [2.75, 3.05) is 40.3 Å². The lowest BCUT2D eigenvalue weighted by Crippen LogP contribution is -2.41. The van der Waals surface area contributed by atoms with Crippen LogP contribution < -0.4 is 5.32 Å². The van der Waals surface area contributed by atoms with Crippen LogP contribution in [0, 0.1) is 0 Å². The highest BCUT2D eigenvalue weighted by molar-refractivity contribution is 7.86. The van der Waals surface area contributed by atoms with Crippen molar-refractivity contribution >= 4 is 10.2 Å². The highest BCUT2D eigenvalue weighted by Gasteiger charge is 2.22. The smallest absolute Gasteiger partial charge is 0.281 e. The molecule has 0 bridgehead atoms. The van der Waals surface area contributed by atoms with E-state index in [-0.39, 0.29) is 0 Å². The van der Waals surface area contributed by atoms with Gasteiger partial charge >= 0.3 is 0 Å². The summed E-state index contributed by atoms with van der Waals surface area (Å²) in [6.45, 7) is 7.27. The number of hydrogen-bond acceptors (Lipinski definition) is 3. The van der Waals surface area contributed by atoms with Gasteiger partial charge in [0, 0.05) is 27.2 Å². The molecule has 0 saturated heterocycles. The third kappa shape index (κ3) is 7.87. The fraction of sp³-hybridized carbons (Fsp3) is 1.00. The normalized spacial score (nSPS) is 12.5. The van der Waals surface area contributed by atoms with Crippen molar-refractivity contribution in [3.63, 3.8) is 0 Å². The molecule has 0 radical (unpaired) electrons. The van der Waals surface area contributed by atoms with Crippen molar-refractivity contribution in [1.82, 2.24) is 13.9 Å². The van der Waals surface area contributed by atoms with E-state index in [4.69, 9.17) is 0 Å². The first-order chi connectivity index (χ1) is 8.96. The summed E-state index contributed by atoms with van der Waals surface area (Å²) in [5, 5.41) is 3.28. The van der Waals surface area contributed by atoms with E-state index in [1.807, 2.05) is 0 Å². The van der Waals surface area contributed by atoms with Gasteiger partial charge in [-0.25, -0.2) is 0 Å². The number of rotatable bonds is 12. The van der Waals surface area contributed by atoms with E-state index >= 15 is 0 Å². The molecule has 5 nitrogen and oxygen atoms in total. The van der Waals surface area contributed by atoms with Crippen molar-refractivity contribution in [3.8, 4) is 0 Å². The Morgan fingerprint density at radius 1 is 0.842 bits per heavy atom. The lowest BCUT2D eigenvalue weighted by Gasteiger charge is -2.24. The van der Waals surface area contributed by atoms with Crippen molar-refractivity contribution < 1.29 is 8.42 Å². The molecule has 0 aliphatic heterocycles. The Bertz CT molecular complexity index is 307. The third-order valence-corrected chi connectivity index (χ3v) is 5.06. The van der Waals surface area contributed by atoms with E-state index in [0.717, 1.165) is 45.2 Å². The quantitative estimate of drug-likeness (QED) is 0.557. The molecular formula is C13H31N3O2S. The molecule has 0 unspecified atom stereocenters. The van der Waals surface area contributed by atoms with Gasteiger partial charge in [0.2, 0.25) is 0 Å². The summed E-state index contributed by atoms with van der Waals surface area (Å²) in [6.07, 6.45) is 5.06. The van der Waals surface area contributed by atoms with Crippen LogP contribution >= 0.6 is 0 Å². The molecule has 0 aliphatic rings. The van der Waals surface area contributed by atoms with Crippen LogP contribution in [-0.4, -0.2) is 57.3 Å². The molecule has 6 heteroatoms. The molecule has 1 N–H and O–H groups in total. The minimum atomic E-state index is -3.27. The summed E-state index contributed by atoms with van der Waals surface area (Å²) in [4.78, 5) is 0. The van der Waals surface area contributed by atoms with Gasteiger partial charge in [-0.3, -0.25) is 0 Å². The van der Waals surface area contributed by atoms with Gasteiger partial charge in [0.25, 0.3) is 10.2 Å². The van der Waals surface area contributed by atoms with Gasteiger partial charge in [0.1, 0.15) is 0 Å². The van der Waals surface area contributed by atoms with Gasteiger partial charge in [-0.1, -0.05) is 26.7 Å². The van der Waals surface area contributed by atoms with Crippen LogP contribution in [0.3, 0.4) is 0 Å². The van der Waals surface area contributed by atoms with Crippen LogP contribution in [0.5, 0.6) is 0 Å². The van der Waals surface area contributed by atoms with Gasteiger partial charge in [-0.2, -0.15) is 17.0 Å². The van der Waals surface area contributed by atoms with Crippen LogP contribution in [0.4, 0.5) is 0 Å². The molecule has 0 aromatic heterocycles. The first-order valence-electron chi connectivity index (χ1n) is 7.35. The monoisotopic (exact) mass is 293 g/mol. The molecule has 0 heterocycles. The molecule has 19 heavy (non-hydrogen) atoms. The Hall–Kier alpha value is -0.170. The average molecular weight is 293 g/mol. The fourth-order valence-corrected chi connectivity index (χ4v) is 2.98. The Kier molecular flexibility index (Phi) is 10.5. The lowest BCUT2D eigenvalue weighted by molar-refractivity contribution is 0.381. The first kappa shape index (κ1) is 18.8. The molecule has 0 aliphatic carbocycles. The van der Waals surface area contributed by atoms with Gasteiger partial charge in [-0.15, -0.1) is 0 Å². The second-order valence-corrected chi connectivity index (χ2v) is 7.10. The Morgan fingerprint density at radius 3 is 1.95 bits per heavy atom. The van der Waals surface area contributed by atoms with Crippen molar-refractivity contribution in [2.24, 2.45) is 0 Å². The van der Waals surface area contributed by atoms with Gasteiger partial charge in [0.15, 0.2) is 0 Å². The summed E-state index contributed by atoms with van der Waals surface area (Å²) in [5.41, 5.74) is 0. The lowest BCUT2D eigenvalue weighted by atomic mass is 10.2. The molecule has 0 aromatic carbocycles. The Balaban J connectivity index is 4.01. The Morgan fingerprint density at radius 2 is 1.42 bits per heavy atom. The van der Waals surface area contributed by atoms with Gasteiger partial charge < -0.3 is 5.32 Å². The largest absolute Gasteiger partial charge is 0.317 e. The SMILES string of the molecule is CCCCCN(C)S(=O)(=O)N(C)CCCNCCC. The van der Waals surface area contributed by atoms with Crippen molar-refractivity contribution in [3.05, 3.63) is 0 Å². The number of unbranched alkanes of at least 4 members (excludes halogenated alkanes) is 2. The minimum absolute atomic E-state index is 0.567. The molecule has 0 atom stereocenters. The molecule has 0 saturated carbocycles. The fourth-order valence-electron chi connectivity index (χ4n) is 1.78. The number of nitrogens with one attached hydrogen (secondary N) is 1. The van der Waals surface area contributed by atoms with Gasteiger partial charge in [-0.05, 0) is 32.4 Å². The van der Waals surface area contributed by atoms with Crippen molar-refractivity contribution in [1.29, 1.82) is 0 Å². The van der Waals surface area contributed by atoms with E-state index in [2.05, 4.69) is 19.2 Å². The summed E-state index contributed by atoms with van der Waals surface area (Å²) >= 11 is 0. The van der Waals surface area contributed by atoms with Crippen LogP contribution in [0.25, 0.3) is 0 Å². The molecule has 0 aromatic rings. The molecule has 0 fully saturated rings. The van der Waals surface area contributed by atoms with E-state index in [1.165, 1.54) is 8.61 Å². The van der Waals surface area contributed by atoms with Crippen molar-refractivity contribution in [2.45, 2.75) is 46.0 Å². The standard InChI is InChI=1S/C13H31N3O2S/c1-5-7-8-12-15(3)19(17,18)16(4)13-9-11-14-10-6-2/h14H,5-13H2,1-4H3. The Labute approximate surface area is 119 Å². The van der Waals surface area contributed by atoms with Crippen LogP contribution in [-0.2, 0) is 10.2 Å². The topological polar surface area (TPSA) is 52.7 Å². The molecule has 0 rings (SSSR count). The highest BCUT2D eigenvalue weighted by atomic mass is 32.2. The van der Waals surface area contributed by atoms with E-state index < -0.39 is 10.2 Å². The van der Waals surface area contributed by atoms with Gasteiger partial charge in [0.05, 0.1) is 0 Å². The zero-order chi connectivity index (χ0) is 14.7. The highest BCUT2D eigenvalue weighted by Crippen LogP contribution is 2.06. The summed E-state index contributed by atoms with van der Waals surface area (Å²) in [7, 11) is 0.0484. The predicted octanol–water partition coefficient (Wildman–Crippen LogP) is 1.67. The zero-order valence-electron chi connectivity index (χ0n) is 13.0. The minimum Gasteiger partial charge on any atom is -0.317 e. The van der Waals surface area contributed by atoms with E-state index in [9.17, 15) is 8.42 Å². The predicted molar refractivity (Wildman–Crippen MR) is 81.5 cm³/mol. The molecule has 0 spiro atoms. The second kappa shape index (κ2) is 10.6. The van der Waals surface area contributed by atoms with E-state index in [1.54, 1.807) is 14.1 Å². The summed E-state index contributed by atoms with van der Waals surface area (Å²) in [5.74, 6) is 0. The van der Waals surface area contributed by atoms with E-state index in [0.29, 0.717) is 13.1 Å². The zero-order valence-corrected chi connectivity index (χ0v) is 13.8. The third-order valence-electron chi connectivity index (χ3n) is 3.12. The first-order valence-corrected chi connectivity index (χ1v) is 8.74. The maximum Gasteiger partial charge on any atom is 0.281 e. The summed E-state index contributed by atoms with van der Waals surface area (Å²) < 4.78 is 27.3. The average Bonchev–Trinajstić information content (AvgIpc) is 2.38. The maximum atomic E-state index is 12.2. The summed E-state index contributed by atoms with van der Waals surface area (Å²) in [6, 6.07) is 0. The molecule has 0 amide bonds. The number of hydrogen-bond donors (Lipinski definition) is 1. The molecular weight excluding hydrogens is 262 g/mol.